The highest BCUT2D eigenvalue weighted by atomic mass is 32.1. The fourth-order valence-corrected chi connectivity index (χ4v) is 3.74. The van der Waals surface area contributed by atoms with Gasteiger partial charge in [-0.3, -0.25) is 4.90 Å². The quantitative estimate of drug-likeness (QED) is 0.940. The largest absolute Gasteiger partial charge is 0.379 e. The third kappa shape index (κ3) is 3.33. The van der Waals surface area contributed by atoms with Crippen LogP contribution in [0.1, 0.15) is 4.88 Å². The van der Waals surface area contributed by atoms with E-state index in [0.29, 0.717) is 5.13 Å². The lowest BCUT2D eigenvalue weighted by Crippen LogP contribution is -2.37. The molecule has 1 aliphatic heterocycles. The van der Waals surface area contributed by atoms with Gasteiger partial charge >= 0.3 is 0 Å². The first kappa shape index (κ1) is 13.1. The first-order valence-electron chi connectivity index (χ1n) is 6.41. The van der Waals surface area contributed by atoms with Crippen LogP contribution in [-0.4, -0.2) is 42.7 Å². The van der Waals surface area contributed by atoms with Crippen molar-refractivity contribution in [2.45, 2.75) is 6.42 Å². The van der Waals surface area contributed by atoms with Crippen molar-refractivity contribution in [3.63, 3.8) is 0 Å². The number of rotatable bonds is 4. The Morgan fingerprint density at radius 3 is 2.89 bits per heavy atom. The van der Waals surface area contributed by atoms with Gasteiger partial charge in [-0.2, -0.15) is 0 Å². The molecule has 1 fully saturated rings. The SMILES string of the molecule is Nc1nc(-c2ccc(CCN3CCOCC3)s2)cs1. The zero-order valence-electron chi connectivity index (χ0n) is 10.7. The summed E-state index contributed by atoms with van der Waals surface area (Å²) in [5, 5.41) is 2.66. The number of nitrogens with zero attached hydrogens (tertiary/aromatic N) is 2. The van der Waals surface area contributed by atoms with Crippen molar-refractivity contribution in [3.05, 3.63) is 22.4 Å². The predicted octanol–water partition coefficient (Wildman–Crippen LogP) is 2.33. The maximum Gasteiger partial charge on any atom is 0.180 e. The van der Waals surface area contributed by atoms with Crippen molar-refractivity contribution in [1.82, 2.24) is 9.88 Å². The Hall–Kier alpha value is -0.950. The number of thiazole rings is 1. The van der Waals surface area contributed by atoms with E-state index in [-0.39, 0.29) is 0 Å². The standard InChI is InChI=1S/C13H17N3OS2/c14-13-15-11(9-18-13)12-2-1-10(19-12)3-4-16-5-7-17-8-6-16/h1-2,9H,3-8H2,(H2,14,15). The monoisotopic (exact) mass is 295 g/mol. The average Bonchev–Trinajstić information content (AvgIpc) is 3.06. The number of hydrogen-bond donors (Lipinski definition) is 1. The van der Waals surface area contributed by atoms with Crippen LogP contribution >= 0.6 is 22.7 Å². The zero-order chi connectivity index (χ0) is 13.1. The Bertz CT molecular complexity index is 531. The van der Waals surface area contributed by atoms with Crippen LogP contribution in [0.4, 0.5) is 5.13 Å². The third-order valence-electron chi connectivity index (χ3n) is 3.21. The van der Waals surface area contributed by atoms with Crippen molar-refractivity contribution in [2.75, 3.05) is 38.6 Å². The summed E-state index contributed by atoms with van der Waals surface area (Å²) in [5.41, 5.74) is 6.68. The number of nitrogens with two attached hydrogens (primary N) is 1. The lowest BCUT2D eigenvalue weighted by Gasteiger charge is -2.26. The molecule has 3 rings (SSSR count). The number of nitrogen functional groups attached to an aromatic ring is 1. The molecule has 6 heteroatoms. The van der Waals surface area contributed by atoms with Crippen LogP contribution in [0.3, 0.4) is 0 Å². The molecule has 1 saturated heterocycles. The molecule has 0 saturated carbocycles. The smallest absolute Gasteiger partial charge is 0.180 e. The van der Waals surface area contributed by atoms with E-state index < -0.39 is 0 Å². The van der Waals surface area contributed by atoms with E-state index in [1.54, 1.807) is 0 Å². The van der Waals surface area contributed by atoms with Gasteiger partial charge in [-0.1, -0.05) is 0 Å². The fourth-order valence-electron chi connectivity index (χ4n) is 2.14. The van der Waals surface area contributed by atoms with E-state index in [1.807, 2.05) is 16.7 Å². The van der Waals surface area contributed by atoms with Gasteiger partial charge in [0.05, 0.1) is 23.8 Å². The van der Waals surface area contributed by atoms with Crippen molar-refractivity contribution in [2.24, 2.45) is 0 Å². The number of thiophene rings is 1. The Balaban J connectivity index is 1.58. The van der Waals surface area contributed by atoms with Gasteiger partial charge < -0.3 is 10.5 Å². The Morgan fingerprint density at radius 2 is 2.16 bits per heavy atom. The molecule has 2 N–H and O–H groups in total. The van der Waals surface area contributed by atoms with Gasteiger partial charge in [0.1, 0.15) is 0 Å². The third-order valence-corrected chi connectivity index (χ3v) is 5.06. The number of hydrogen-bond acceptors (Lipinski definition) is 6. The molecule has 0 spiro atoms. The molecule has 0 unspecified atom stereocenters. The molecule has 0 atom stereocenters. The molecule has 0 radical (unpaired) electrons. The van der Waals surface area contributed by atoms with Crippen LogP contribution in [0, 0.1) is 0 Å². The van der Waals surface area contributed by atoms with E-state index in [2.05, 4.69) is 22.0 Å². The Labute approximate surface area is 120 Å². The molecule has 0 bridgehead atoms. The van der Waals surface area contributed by atoms with Crippen LogP contribution in [0.25, 0.3) is 10.6 Å². The van der Waals surface area contributed by atoms with E-state index in [1.165, 1.54) is 21.1 Å². The summed E-state index contributed by atoms with van der Waals surface area (Å²) in [5.74, 6) is 0. The molecule has 3 heterocycles. The second kappa shape index (κ2) is 6.00. The second-order valence-corrected chi connectivity index (χ2v) is 6.60. The minimum Gasteiger partial charge on any atom is -0.379 e. The molecule has 4 nitrogen and oxygen atoms in total. The topological polar surface area (TPSA) is 51.4 Å². The highest BCUT2D eigenvalue weighted by Gasteiger charge is 2.11. The number of anilines is 1. The van der Waals surface area contributed by atoms with Gasteiger partial charge in [-0.15, -0.1) is 22.7 Å². The van der Waals surface area contributed by atoms with Gasteiger partial charge in [-0.25, -0.2) is 4.98 Å². The molecule has 1 aliphatic rings. The van der Waals surface area contributed by atoms with Gasteiger partial charge in [0.25, 0.3) is 0 Å². The van der Waals surface area contributed by atoms with Gasteiger partial charge in [0.15, 0.2) is 5.13 Å². The first-order chi connectivity index (χ1) is 9.31. The van der Waals surface area contributed by atoms with Crippen LogP contribution in [0.15, 0.2) is 17.5 Å². The number of ether oxygens (including phenoxy) is 1. The van der Waals surface area contributed by atoms with Gasteiger partial charge in [0.2, 0.25) is 0 Å². The minimum absolute atomic E-state index is 0.637. The van der Waals surface area contributed by atoms with Crippen molar-refractivity contribution >= 4 is 27.8 Å². The molecular weight excluding hydrogens is 278 g/mol. The fraction of sp³-hybridized carbons (Fsp3) is 0.462. The first-order valence-corrected chi connectivity index (χ1v) is 8.11. The highest BCUT2D eigenvalue weighted by Crippen LogP contribution is 2.30. The normalized spacial score (nSPS) is 16.8. The van der Waals surface area contributed by atoms with Crippen LogP contribution < -0.4 is 5.73 Å². The molecule has 19 heavy (non-hydrogen) atoms. The summed E-state index contributed by atoms with van der Waals surface area (Å²) < 4.78 is 5.36. The van der Waals surface area contributed by atoms with Crippen LogP contribution in [-0.2, 0) is 11.2 Å². The van der Waals surface area contributed by atoms with Crippen molar-refractivity contribution in [1.29, 1.82) is 0 Å². The zero-order valence-corrected chi connectivity index (χ0v) is 12.3. The Morgan fingerprint density at radius 1 is 1.32 bits per heavy atom. The van der Waals surface area contributed by atoms with Gasteiger partial charge in [0, 0.05) is 29.9 Å². The van der Waals surface area contributed by atoms with E-state index >= 15 is 0 Å². The minimum atomic E-state index is 0.637. The summed E-state index contributed by atoms with van der Waals surface area (Å²) in [7, 11) is 0. The van der Waals surface area contributed by atoms with Crippen molar-refractivity contribution < 1.29 is 4.74 Å². The van der Waals surface area contributed by atoms with Crippen molar-refractivity contribution in [3.8, 4) is 10.6 Å². The molecule has 2 aromatic rings. The molecule has 0 amide bonds. The average molecular weight is 295 g/mol. The molecule has 2 aromatic heterocycles. The predicted molar refractivity (Wildman–Crippen MR) is 80.8 cm³/mol. The van der Waals surface area contributed by atoms with E-state index in [4.69, 9.17) is 10.5 Å². The lowest BCUT2D eigenvalue weighted by atomic mass is 10.3. The number of aromatic nitrogens is 1. The molecule has 102 valence electrons. The lowest BCUT2D eigenvalue weighted by molar-refractivity contribution is 0.0385. The second-order valence-electron chi connectivity index (χ2n) is 4.54. The summed E-state index contributed by atoms with van der Waals surface area (Å²) in [4.78, 5) is 9.41. The van der Waals surface area contributed by atoms with Crippen LogP contribution in [0.5, 0.6) is 0 Å². The number of morpholine rings is 1. The Kier molecular flexibility index (Phi) is 4.12. The molecular formula is C13H17N3OS2. The summed E-state index contributed by atoms with van der Waals surface area (Å²) in [6, 6.07) is 4.35. The summed E-state index contributed by atoms with van der Waals surface area (Å²) >= 11 is 3.31. The highest BCUT2D eigenvalue weighted by molar-refractivity contribution is 7.16. The van der Waals surface area contributed by atoms with E-state index in [0.717, 1.165) is 45.0 Å². The maximum absolute atomic E-state index is 5.67. The van der Waals surface area contributed by atoms with Crippen LogP contribution in [0.2, 0.25) is 0 Å². The van der Waals surface area contributed by atoms with E-state index in [9.17, 15) is 0 Å². The molecule has 0 aromatic carbocycles. The maximum atomic E-state index is 5.67. The summed E-state index contributed by atoms with van der Waals surface area (Å²) in [6.07, 6.45) is 1.10. The van der Waals surface area contributed by atoms with Gasteiger partial charge in [-0.05, 0) is 18.6 Å². The summed E-state index contributed by atoms with van der Waals surface area (Å²) in [6.45, 7) is 4.96. The molecule has 0 aliphatic carbocycles.